The second kappa shape index (κ2) is 18.7. The number of benzene rings is 1. The van der Waals surface area contributed by atoms with Crippen molar-refractivity contribution in [1.82, 2.24) is 26.6 Å². The van der Waals surface area contributed by atoms with Crippen molar-refractivity contribution in [1.29, 1.82) is 0 Å². The molecule has 17 heteroatoms. The van der Waals surface area contributed by atoms with E-state index in [0.717, 1.165) is 0 Å². The molecule has 1 aromatic carbocycles. The Labute approximate surface area is 265 Å². The molecule has 0 aliphatic rings. The molecule has 17 nitrogen and oxygen atoms in total. The number of rotatable bonds is 19. The molecule has 46 heavy (non-hydrogen) atoms. The summed E-state index contributed by atoms with van der Waals surface area (Å²) in [6, 6.07) is 0.338. The lowest BCUT2D eigenvalue weighted by Gasteiger charge is -2.24. The van der Waals surface area contributed by atoms with E-state index in [9.17, 15) is 48.6 Å². The molecule has 0 bridgehead atoms. The minimum Gasteiger partial charge on any atom is -0.481 e. The van der Waals surface area contributed by atoms with Crippen LogP contribution in [0.5, 0.6) is 0 Å². The van der Waals surface area contributed by atoms with Crippen molar-refractivity contribution in [3.05, 3.63) is 35.9 Å². The first-order valence-electron chi connectivity index (χ1n) is 14.4. The predicted molar refractivity (Wildman–Crippen MR) is 162 cm³/mol. The molecule has 0 heterocycles. The number of nitrogens with two attached hydrogens (primary N) is 2. The van der Waals surface area contributed by atoms with Gasteiger partial charge in [0.1, 0.15) is 30.2 Å². The molecule has 0 unspecified atom stereocenters. The number of carbonyl (C=O) groups excluding carboxylic acids is 6. The maximum Gasteiger partial charge on any atom is 0.326 e. The summed E-state index contributed by atoms with van der Waals surface area (Å²) in [6.07, 6.45) is -1.27. The number of carboxylic acids is 2. The minimum absolute atomic E-state index is 0.0573. The highest BCUT2D eigenvalue weighted by molar-refractivity contribution is 5.97. The van der Waals surface area contributed by atoms with Crippen molar-refractivity contribution in [2.75, 3.05) is 0 Å². The fraction of sp³-hybridized carbons (Fsp3) is 0.517. The number of nitrogens with one attached hydrogen (secondary N) is 5. The molecule has 0 spiro atoms. The van der Waals surface area contributed by atoms with Crippen LogP contribution < -0.4 is 38.1 Å². The number of hydrogen-bond donors (Lipinski definition) is 9. The summed E-state index contributed by atoms with van der Waals surface area (Å²) >= 11 is 0. The third-order valence-corrected chi connectivity index (χ3v) is 6.51. The van der Waals surface area contributed by atoms with Crippen molar-refractivity contribution in [2.24, 2.45) is 17.4 Å². The molecule has 0 aliphatic carbocycles. The number of aliphatic carboxylic acids is 2. The summed E-state index contributed by atoms with van der Waals surface area (Å²) in [5, 5.41) is 30.1. The van der Waals surface area contributed by atoms with E-state index in [1.807, 2.05) is 13.8 Å². The van der Waals surface area contributed by atoms with Crippen LogP contribution >= 0.6 is 0 Å². The summed E-state index contributed by atoms with van der Waals surface area (Å²) < 4.78 is 0. The van der Waals surface area contributed by atoms with E-state index < -0.39 is 96.5 Å². The second-order valence-corrected chi connectivity index (χ2v) is 11.2. The molecule has 6 amide bonds. The van der Waals surface area contributed by atoms with Gasteiger partial charge in [-0.3, -0.25) is 33.6 Å². The van der Waals surface area contributed by atoms with Gasteiger partial charge in [0, 0.05) is 6.42 Å². The average Bonchev–Trinajstić information content (AvgIpc) is 2.95. The van der Waals surface area contributed by atoms with Gasteiger partial charge < -0.3 is 48.3 Å². The standard InChI is InChI=1S/C29H43N7O10/c1-14(2)10-18(30)26(42)35-20(13-23(38)39)27(43)33-15(3)24(40)32-16(4)25(41)34-19(11-17-8-6-5-7-9-17)28(44)36-21(29(45)46)12-22(31)37/h5-9,14-16,18-21H,10-13,30H2,1-4H3,(H2,31,37)(H,32,40)(H,33,43)(H,34,41)(H,35,42)(H,36,44)(H,38,39)(H,45,46)/t15-,16-,18-,19-,20-,21-/m0/s1. The number of carboxylic acid groups (broad SMARTS) is 2. The van der Waals surface area contributed by atoms with Gasteiger partial charge in [0.25, 0.3) is 0 Å². The Hall–Kier alpha value is -5.06. The van der Waals surface area contributed by atoms with Gasteiger partial charge in [-0.15, -0.1) is 0 Å². The van der Waals surface area contributed by atoms with Gasteiger partial charge in [-0.2, -0.15) is 0 Å². The number of carbonyl (C=O) groups is 8. The van der Waals surface area contributed by atoms with Crippen molar-refractivity contribution in [2.45, 2.75) is 89.6 Å². The van der Waals surface area contributed by atoms with E-state index in [-0.39, 0.29) is 18.8 Å². The topological polar surface area (TPSA) is 289 Å². The van der Waals surface area contributed by atoms with Gasteiger partial charge in [0.2, 0.25) is 35.4 Å². The molecule has 0 fully saturated rings. The van der Waals surface area contributed by atoms with E-state index in [1.165, 1.54) is 13.8 Å². The molecule has 0 saturated carbocycles. The molecule has 0 saturated heterocycles. The van der Waals surface area contributed by atoms with Crippen LogP contribution in [0, 0.1) is 5.92 Å². The summed E-state index contributed by atoms with van der Waals surface area (Å²) in [7, 11) is 0. The van der Waals surface area contributed by atoms with E-state index >= 15 is 0 Å². The highest BCUT2D eigenvalue weighted by Gasteiger charge is 2.31. The van der Waals surface area contributed by atoms with Crippen molar-refractivity contribution < 1.29 is 48.6 Å². The zero-order valence-corrected chi connectivity index (χ0v) is 26.1. The lowest BCUT2D eigenvalue weighted by atomic mass is 10.0. The number of primary amides is 1. The molecule has 1 aromatic rings. The Kier molecular flexibility index (Phi) is 15.8. The van der Waals surface area contributed by atoms with Gasteiger partial charge in [-0.1, -0.05) is 44.2 Å². The van der Waals surface area contributed by atoms with Crippen LogP contribution in [0.15, 0.2) is 30.3 Å². The second-order valence-electron chi connectivity index (χ2n) is 11.2. The Morgan fingerprint density at radius 1 is 0.652 bits per heavy atom. The van der Waals surface area contributed by atoms with Crippen LogP contribution in [0.1, 0.15) is 52.5 Å². The molecular formula is C29H43N7O10. The largest absolute Gasteiger partial charge is 0.481 e. The van der Waals surface area contributed by atoms with Crippen LogP contribution in [0.2, 0.25) is 0 Å². The zero-order chi connectivity index (χ0) is 35.1. The molecule has 11 N–H and O–H groups in total. The average molecular weight is 650 g/mol. The summed E-state index contributed by atoms with van der Waals surface area (Å²) in [6.45, 7) is 6.21. The highest BCUT2D eigenvalue weighted by Crippen LogP contribution is 2.06. The van der Waals surface area contributed by atoms with Gasteiger partial charge >= 0.3 is 11.9 Å². The molecule has 0 radical (unpaired) electrons. The van der Waals surface area contributed by atoms with Crippen LogP contribution in [-0.2, 0) is 44.8 Å². The number of amides is 6. The first-order chi connectivity index (χ1) is 21.4. The molecule has 0 aromatic heterocycles. The van der Waals surface area contributed by atoms with E-state index in [4.69, 9.17) is 11.5 Å². The smallest absolute Gasteiger partial charge is 0.326 e. The van der Waals surface area contributed by atoms with E-state index in [0.29, 0.717) is 5.56 Å². The first kappa shape index (κ1) is 39.0. The minimum atomic E-state index is -1.65. The Bertz CT molecular complexity index is 1270. The molecule has 254 valence electrons. The SMILES string of the molecule is CC(C)C[C@H](N)C(=O)N[C@@H](CC(=O)O)C(=O)N[C@@H](C)C(=O)N[C@@H](C)C(=O)N[C@@H](Cc1ccccc1)C(=O)N[C@@H](CC(N)=O)C(=O)O. The van der Waals surface area contributed by atoms with Gasteiger partial charge in [-0.05, 0) is 31.7 Å². The maximum atomic E-state index is 13.0. The number of hydrogen-bond acceptors (Lipinski definition) is 9. The lowest BCUT2D eigenvalue weighted by molar-refractivity contribution is -0.143. The van der Waals surface area contributed by atoms with Gasteiger partial charge in [0.05, 0.1) is 18.9 Å². The van der Waals surface area contributed by atoms with E-state index in [2.05, 4.69) is 26.6 Å². The van der Waals surface area contributed by atoms with Crippen LogP contribution in [-0.4, -0.2) is 93.8 Å². The quantitative estimate of drug-likeness (QED) is 0.0755. The first-order valence-corrected chi connectivity index (χ1v) is 14.4. The lowest BCUT2D eigenvalue weighted by Crippen LogP contribution is -2.58. The van der Waals surface area contributed by atoms with Crippen molar-refractivity contribution in [3.8, 4) is 0 Å². The third-order valence-electron chi connectivity index (χ3n) is 6.51. The predicted octanol–water partition coefficient (Wildman–Crippen LogP) is -2.50. The Morgan fingerprint density at radius 2 is 1.13 bits per heavy atom. The Morgan fingerprint density at radius 3 is 1.63 bits per heavy atom. The van der Waals surface area contributed by atoms with Crippen molar-refractivity contribution >= 4 is 47.4 Å². The fourth-order valence-electron chi connectivity index (χ4n) is 4.09. The van der Waals surface area contributed by atoms with Crippen LogP contribution in [0.25, 0.3) is 0 Å². The summed E-state index contributed by atoms with van der Waals surface area (Å²) in [5.41, 5.74) is 11.5. The molecule has 1 rings (SSSR count). The van der Waals surface area contributed by atoms with E-state index in [1.54, 1.807) is 30.3 Å². The molecule has 6 atom stereocenters. The van der Waals surface area contributed by atoms with Gasteiger partial charge in [-0.25, -0.2) is 4.79 Å². The highest BCUT2D eigenvalue weighted by atomic mass is 16.4. The molecule has 0 aliphatic heterocycles. The summed E-state index contributed by atoms with van der Waals surface area (Å²) in [5.74, 6) is -8.17. The molecular weight excluding hydrogens is 606 g/mol. The zero-order valence-electron chi connectivity index (χ0n) is 26.1. The van der Waals surface area contributed by atoms with Crippen molar-refractivity contribution in [3.63, 3.8) is 0 Å². The van der Waals surface area contributed by atoms with Crippen LogP contribution in [0.4, 0.5) is 0 Å². The maximum absolute atomic E-state index is 13.0. The monoisotopic (exact) mass is 649 g/mol. The fourth-order valence-corrected chi connectivity index (χ4v) is 4.09. The Balaban J connectivity index is 2.95. The van der Waals surface area contributed by atoms with Gasteiger partial charge in [0.15, 0.2) is 0 Å². The summed E-state index contributed by atoms with van der Waals surface area (Å²) in [4.78, 5) is 98.1. The van der Waals surface area contributed by atoms with Crippen LogP contribution in [0.3, 0.4) is 0 Å². The third kappa shape index (κ3) is 14.1. The normalized spacial score (nSPS) is 14.7.